The van der Waals surface area contributed by atoms with E-state index in [0.717, 1.165) is 24.3 Å². The van der Waals surface area contributed by atoms with E-state index in [0.29, 0.717) is 19.2 Å². The molecular formula is C15H21NO2. The second-order valence-corrected chi connectivity index (χ2v) is 4.80. The van der Waals surface area contributed by atoms with E-state index in [2.05, 4.69) is 18.4 Å². The summed E-state index contributed by atoms with van der Waals surface area (Å²) in [7, 11) is 0. The maximum Gasteiger partial charge on any atom is 0.142 e. The Kier molecular flexibility index (Phi) is 4.26. The predicted octanol–water partition coefficient (Wildman–Crippen LogP) is 2.60. The van der Waals surface area contributed by atoms with E-state index in [1.807, 2.05) is 30.3 Å². The molecule has 3 nitrogen and oxygen atoms in total. The van der Waals surface area contributed by atoms with Crippen molar-refractivity contribution >= 4 is 5.69 Å². The van der Waals surface area contributed by atoms with Gasteiger partial charge in [0.1, 0.15) is 12.4 Å². The zero-order chi connectivity index (χ0) is 13.0. The second-order valence-electron chi connectivity index (χ2n) is 4.80. The van der Waals surface area contributed by atoms with E-state index in [-0.39, 0.29) is 6.10 Å². The van der Waals surface area contributed by atoms with Crippen molar-refractivity contribution < 1.29 is 9.84 Å². The largest absolute Gasteiger partial charge is 0.489 e. The van der Waals surface area contributed by atoms with Gasteiger partial charge < -0.3 is 14.7 Å². The summed E-state index contributed by atoms with van der Waals surface area (Å²) in [6.07, 6.45) is 3.13. The molecule has 2 rings (SSSR count). The first kappa shape index (κ1) is 13.0. The molecule has 0 saturated heterocycles. The van der Waals surface area contributed by atoms with Crippen molar-refractivity contribution in [1.82, 2.24) is 0 Å². The summed E-state index contributed by atoms with van der Waals surface area (Å²) in [5.74, 6) is 0.909. The molecule has 3 heteroatoms. The lowest BCUT2D eigenvalue weighted by Gasteiger charge is -2.37. The molecule has 1 aliphatic rings. The fraction of sp³-hybridized carbons (Fsp3) is 0.467. The molecule has 0 radical (unpaired) electrons. The van der Waals surface area contributed by atoms with Crippen molar-refractivity contribution in [3.8, 4) is 5.75 Å². The summed E-state index contributed by atoms with van der Waals surface area (Å²) >= 11 is 0. The van der Waals surface area contributed by atoms with Crippen molar-refractivity contribution in [3.63, 3.8) is 0 Å². The molecule has 0 amide bonds. The van der Waals surface area contributed by atoms with Crippen LogP contribution >= 0.6 is 0 Å². The van der Waals surface area contributed by atoms with Crippen molar-refractivity contribution in [2.24, 2.45) is 0 Å². The number of fused-ring (bicyclic) bond motifs is 1. The molecule has 0 fully saturated rings. The van der Waals surface area contributed by atoms with Gasteiger partial charge in [-0.05, 0) is 31.9 Å². The minimum Gasteiger partial charge on any atom is -0.489 e. The molecule has 18 heavy (non-hydrogen) atoms. The number of aliphatic hydroxyl groups is 1. The van der Waals surface area contributed by atoms with Crippen molar-refractivity contribution in [1.29, 1.82) is 0 Å². The average Bonchev–Trinajstić information content (AvgIpc) is 2.40. The Morgan fingerprint density at radius 2 is 2.33 bits per heavy atom. The minimum absolute atomic E-state index is 0.290. The van der Waals surface area contributed by atoms with E-state index in [1.54, 1.807) is 0 Å². The van der Waals surface area contributed by atoms with Crippen LogP contribution < -0.4 is 9.64 Å². The van der Waals surface area contributed by atoms with Crippen LogP contribution in [-0.4, -0.2) is 30.4 Å². The molecule has 0 bridgehead atoms. The summed E-state index contributed by atoms with van der Waals surface area (Å²) in [5.41, 5.74) is 1.08. The molecule has 2 atom stereocenters. The smallest absolute Gasteiger partial charge is 0.142 e. The van der Waals surface area contributed by atoms with Crippen LogP contribution in [0.15, 0.2) is 36.9 Å². The van der Waals surface area contributed by atoms with E-state index >= 15 is 0 Å². The highest BCUT2D eigenvalue weighted by Gasteiger charge is 2.25. The van der Waals surface area contributed by atoms with Gasteiger partial charge in [-0.25, -0.2) is 0 Å². The first-order valence-electron chi connectivity index (χ1n) is 6.49. The highest BCUT2D eigenvalue weighted by molar-refractivity contribution is 5.60. The number of ether oxygens (including phenoxy) is 1. The average molecular weight is 247 g/mol. The number of rotatable bonds is 5. The Bertz CT molecular complexity index is 405. The van der Waals surface area contributed by atoms with Crippen LogP contribution in [0.25, 0.3) is 0 Å². The number of hydrogen-bond acceptors (Lipinski definition) is 3. The Balaban J connectivity index is 2.09. The van der Waals surface area contributed by atoms with Gasteiger partial charge in [0.25, 0.3) is 0 Å². The van der Waals surface area contributed by atoms with Crippen molar-refractivity contribution in [3.05, 3.63) is 36.9 Å². The predicted molar refractivity (Wildman–Crippen MR) is 74.2 cm³/mol. The zero-order valence-corrected chi connectivity index (χ0v) is 10.9. The van der Waals surface area contributed by atoms with Gasteiger partial charge in [0.05, 0.1) is 17.8 Å². The van der Waals surface area contributed by atoms with E-state index in [9.17, 15) is 5.11 Å². The number of aliphatic hydroxyl groups excluding tert-OH is 1. The monoisotopic (exact) mass is 247 g/mol. The summed E-state index contributed by atoms with van der Waals surface area (Å²) < 4.78 is 5.69. The molecule has 1 aromatic rings. The van der Waals surface area contributed by atoms with Crippen LogP contribution in [0.5, 0.6) is 5.75 Å². The number of allylic oxidation sites excluding steroid dienone is 1. The third-order valence-corrected chi connectivity index (χ3v) is 3.30. The van der Waals surface area contributed by atoms with Crippen LogP contribution in [0.1, 0.15) is 19.8 Å². The number of para-hydroxylation sites is 2. The first-order valence-corrected chi connectivity index (χ1v) is 6.49. The highest BCUT2D eigenvalue weighted by atomic mass is 16.5. The number of β-amino-alcohol motifs (C(OH)–C–C–N with tert-alkyl or cyclic N) is 1. The Morgan fingerprint density at radius 1 is 1.56 bits per heavy atom. The maximum absolute atomic E-state index is 10.0. The van der Waals surface area contributed by atoms with Crippen LogP contribution in [0.2, 0.25) is 0 Å². The summed E-state index contributed by atoms with van der Waals surface area (Å²) in [6.45, 7) is 7.13. The van der Waals surface area contributed by atoms with Gasteiger partial charge in [0, 0.05) is 6.54 Å². The molecule has 1 aromatic carbocycles. The fourth-order valence-corrected chi connectivity index (χ4v) is 2.26. The molecule has 0 saturated carbocycles. The quantitative estimate of drug-likeness (QED) is 0.812. The third kappa shape index (κ3) is 2.85. The summed E-state index contributed by atoms with van der Waals surface area (Å²) in [6, 6.07) is 8.29. The van der Waals surface area contributed by atoms with Crippen molar-refractivity contribution in [2.45, 2.75) is 31.9 Å². The van der Waals surface area contributed by atoms with E-state index in [1.165, 1.54) is 0 Å². The van der Waals surface area contributed by atoms with E-state index in [4.69, 9.17) is 4.74 Å². The van der Waals surface area contributed by atoms with Gasteiger partial charge in [-0.1, -0.05) is 18.2 Å². The van der Waals surface area contributed by atoms with Gasteiger partial charge >= 0.3 is 0 Å². The summed E-state index contributed by atoms with van der Waals surface area (Å²) in [4.78, 5) is 2.23. The number of nitrogens with zero attached hydrogens (tertiary/aromatic N) is 1. The molecule has 0 aromatic heterocycles. The topological polar surface area (TPSA) is 32.7 Å². The van der Waals surface area contributed by atoms with Gasteiger partial charge in [0.15, 0.2) is 0 Å². The first-order chi connectivity index (χ1) is 8.72. The van der Waals surface area contributed by atoms with Gasteiger partial charge in [-0.3, -0.25) is 0 Å². The lowest BCUT2D eigenvalue weighted by atomic mass is 10.1. The lowest BCUT2D eigenvalue weighted by molar-refractivity contribution is 0.161. The second kappa shape index (κ2) is 5.91. The summed E-state index contributed by atoms with van der Waals surface area (Å²) in [5, 5.41) is 10.0. The maximum atomic E-state index is 10.0. The lowest BCUT2D eigenvalue weighted by Crippen LogP contribution is -2.45. The highest BCUT2D eigenvalue weighted by Crippen LogP contribution is 2.33. The molecule has 0 spiro atoms. The molecular weight excluding hydrogens is 226 g/mol. The van der Waals surface area contributed by atoms with Gasteiger partial charge in [0.2, 0.25) is 0 Å². The molecule has 1 N–H and O–H groups in total. The fourth-order valence-electron chi connectivity index (χ4n) is 2.26. The SMILES string of the molecule is C=CCCC(O)CN1c2ccccc2OCC1C. The van der Waals surface area contributed by atoms with Crippen LogP contribution in [0.4, 0.5) is 5.69 Å². The normalized spacial score (nSPS) is 19.9. The standard InChI is InChI=1S/C15H21NO2/c1-3-4-7-13(17)10-16-12(2)11-18-15-9-6-5-8-14(15)16/h3,5-6,8-9,12-13,17H,1,4,7,10-11H2,2H3. The van der Waals surface area contributed by atoms with Crippen LogP contribution in [-0.2, 0) is 0 Å². The molecule has 2 unspecified atom stereocenters. The van der Waals surface area contributed by atoms with Gasteiger partial charge in [-0.2, -0.15) is 0 Å². The Morgan fingerprint density at radius 3 is 3.11 bits per heavy atom. The molecule has 1 heterocycles. The third-order valence-electron chi connectivity index (χ3n) is 3.30. The van der Waals surface area contributed by atoms with E-state index < -0.39 is 0 Å². The van der Waals surface area contributed by atoms with Crippen LogP contribution in [0.3, 0.4) is 0 Å². The number of anilines is 1. The zero-order valence-electron chi connectivity index (χ0n) is 10.9. The molecule has 1 aliphatic heterocycles. The van der Waals surface area contributed by atoms with Crippen LogP contribution in [0, 0.1) is 0 Å². The number of hydrogen-bond donors (Lipinski definition) is 1. The number of benzene rings is 1. The minimum atomic E-state index is -0.323. The Labute approximate surface area is 109 Å². The Hall–Kier alpha value is -1.48. The van der Waals surface area contributed by atoms with Crippen molar-refractivity contribution in [2.75, 3.05) is 18.1 Å². The van der Waals surface area contributed by atoms with Gasteiger partial charge in [-0.15, -0.1) is 6.58 Å². The molecule has 98 valence electrons. The molecule has 0 aliphatic carbocycles.